The maximum atomic E-state index is 13.2. The third-order valence-corrected chi connectivity index (χ3v) is 4.59. The normalized spacial score (nSPS) is 11.2. The van der Waals surface area contributed by atoms with Crippen molar-refractivity contribution in [2.45, 2.75) is 52.7 Å². The molecule has 0 radical (unpaired) electrons. The minimum Gasteiger partial charge on any atom is -0.495 e. The van der Waals surface area contributed by atoms with E-state index in [9.17, 15) is 9.59 Å². The van der Waals surface area contributed by atoms with Crippen molar-refractivity contribution in [2.24, 2.45) is 0 Å². The summed E-state index contributed by atoms with van der Waals surface area (Å²) in [5.41, 5.74) is 0.914. The van der Waals surface area contributed by atoms with E-state index in [0.29, 0.717) is 22.6 Å². The van der Waals surface area contributed by atoms with E-state index in [4.69, 9.17) is 14.2 Å². The number of carbonyl (C=O) groups is 2. The first-order valence-electron chi connectivity index (χ1n) is 11.4. The molecule has 0 bridgehead atoms. The van der Waals surface area contributed by atoms with Crippen LogP contribution >= 0.6 is 0 Å². The maximum absolute atomic E-state index is 13.2. The lowest BCUT2D eigenvalue weighted by molar-refractivity contribution is 0.0542. The van der Waals surface area contributed by atoms with Crippen molar-refractivity contribution < 1.29 is 23.8 Å². The highest BCUT2D eigenvalue weighted by molar-refractivity contribution is 5.89. The second-order valence-electron chi connectivity index (χ2n) is 9.91. The number of rotatable bonds is 3. The van der Waals surface area contributed by atoms with Gasteiger partial charge < -0.3 is 14.2 Å². The van der Waals surface area contributed by atoms with Gasteiger partial charge in [0.05, 0.1) is 24.6 Å². The molecule has 1 N–H and O–H groups in total. The molecule has 0 aliphatic carbocycles. The SMILES string of the molecule is COc1ccccc1C#Cc1ccccc1-c1cnc(NC(=O)OC(C)(C)C)n1C(=O)OC(C)(C)C. The van der Waals surface area contributed by atoms with Crippen molar-refractivity contribution in [3.05, 3.63) is 65.9 Å². The maximum Gasteiger partial charge on any atom is 0.421 e. The van der Waals surface area contributed by atoms with Gasteiger partial charge in [0.2, 0.25) is 5.95 Å². The largest absolute Gasteiger partial charge is 0.495 e. The summed E-state index contributed by atoms with van der Waals surface area (Å²) in [5.74, 6) is 6.93. The zero-order valence-corrected chi connectivity index (χ0v) is 21.6. The summed E-state index contributed by atoms with van der Waals surface area (Å²) in [4.78, 5) is 30.0. The molecule has 1 heterocycles. The number of anilines is 1. The molecule has 2 aromatic carbocycles. The van der Waals surface area contributed by atoms with Crippen molar-refractivity contribution >= 4 is 18.1 Å². The van der Waals surface area contributed by atoms with Crippen molar-refractivity contribution in [1.82, 2.24) is 9.55 Å². The predicted molar refractivity (Wildman–Crippen MR) is 138 cm³/mol. The van der Waals surface area contributed by atoms with Gasteiger partial charge in [-0.1, -0.05) is 42.2 Å². The van der Waals surface area contributed by atoms with Gasteiger partial charge in [-0.3, -0.25) is 5.32 Å². The number of ether oxygens (including phenoxy) is 3. The molecule has 36 heavy (non-hydrogen) atoms. The Morgan fingerprint density at radius 3 is 2.08 bits per heavy atom. The van der Waals surface area contributed by atoms with Gasteiger partial charge in [0.15, 0.2) is 0 Å². The summed E-state index contributed by atoms with van der Waals surface area (Å²) < 4.78 is 17.5. The highest BCUT2D eigenvalue weighted by Crippen LogP contribution is 2.28. The number of nitrogens with one attached hydrogen (secondary N) is 1. The van der Waals surface area contributed by atoms with Crippen LogP contribution in [-0.2, 0) is 9.47 Å². The zero-order chi connectivity index (χ0) is 26.5. The lowest BCUT2D eigenvalue weighted by atomic mass is 10.0. The lowest BCUT2D eigenvalue weighted by Crippen LogP contribution is -2.31. The molecular weight excluding hydrogens is 458 g/mol. The smallest absolute Gasteiger partial charge is 0.421 e. The van der Waals surface area contributed by atoms with Crippen molar-refractivity contribution in [1.29, 1.82) is 0 Å². The Balaban J connectivity index is 2.09. The lowest BCUT2D eigenvalue weighted by Gasteiger charge is -2.22. The third kappa shape index (κ3) is 6.89. The number of benzene rings is 2. The van der Waals surface area contributed by atoms with E-state index in [1.165, 1.54) is 10.8 Å². The van der Waals surface area contributed by atoms with E-state index in [1.54, 1.807) is 48.7 Å². The summed E-state index contributed by atoms with van der Waals surface area (Å²) in [6, 6.07) is 14.8. The van der Waals surface area contributed by atoms with E-state index in [0.717, 1.165) is 5.56 Å². The highest BCUT2D eigenvalue weighted by atomic mass is 16.6. The Labute approximate surface area is 211 Å². The molecule has 3 rings (SSSR count). The quantitative estimate of drug-likeness (QED) is 0.448. The van der Waals surface area contributed by atoms with Crippen LogP contribution in [0.1, 0.15) is 52.7 Å². The van der Waals surface area contributed by atoms with Gasteiger partial charge in [-0.15, -0.1) is 0 Å². The molecule has 0 fully saturated rings. The monoisotopic (exact) mass is 489 g/mol. The second kappa shape index (κ2) is 10.6. The summed E-state index contributed by atoms with van der Waals surface area (Å²) in [6.45, 7) is 10.5. The average Bonchev–Trinajstić information content (AvgIpc) is 3.18. The molecule has 0 saturated carbocycles. The van der Waals surface area contributed by atoms with Crippen molar-refractivity contribution in [3.8, 4) is 28.8 Å². The number of nitrogens with zero attached hydrogens (tertiary/aromatic N) is 2. The number of hydrogen-bond acceptors (Lipinski definition) is 6. The van der Waals surface area contributed by atoms with E-state index in [-0.39, 0.29) is 5.95 Å². The minimum absolute atomic E-state index is 0.0269. The van der Waals surface area contributed by atoms with E-state index in [2.05, 4.69) is 22.1 Å². The Bertz CT molecular complexity index is 1320. The number of hydrogen-bond donors (Lipinski definition) is 1. The first-order chi connectivity index (χ1) is 16.9. The van der Waals surface area contributed by atoms with Crippen LogP contribution in [-0.4, -0.2) is 40.0 Å². The van der Waals surface area contributed by atoms with Gasteiger partial charge in [0.25, 0.3) is 0 Å². The topological polar surface area (TPSA) is 91.7 Å². The van der Waals surface area contributed by atoms with Crippen molar-refractivity contribution in [2.75, 3.05) is 12.4 Å². The molecule has 0 aliphatic rings. The van der Waals surface area contributed by atoms with Crippen LogP contribution in [0, 0.1) is 11.8 Å². The number of carbonyl (C=O) groups excluding carboxylic acids is 2. The molecule has 188 valence electrons. The van der Waals surface area contributed by atoms with Crippen LogP contribution in [0.4, 0.5) is 15.5 Å². The molecule has 8 heteroatoms. The number of imidazole rings is 1. The Kier molecular flexibility index (Phi) is 7.74. The van der Waals surface area contributed by atoms with Gasteiger partial charge in [0.1, 0.15) is 17.0 Å². The molecule has 1 amide bonds. The predicted octanol–water partition coefficient (Wildman–Crippen LogP) is 6.09. The summed E-state index contributed by atoms with van der Waals surface area (Å²) in [5, 5.41) is 2.55. The van der Waals surface area contributed by atoms with Gasteiger partial charge in [-0.2, -0.15) is 0 Å². The highest BCUT2D eigenvalue weighted by Gasteiger charge is 2.27. The molecule has 0 spiro atoms. The summed E-state index contributed by atoms with van der Waals surface area (Å²) in [7, 11) is 1.59. The van der Waals surface area contributed by atoms with E-state index in [1.807, 2.05) is 48.5 Å². The standard InChI is InChI=1S/C28H31N3O5/c1-27(2,3)35-25(32)30-24-29-18-22(31(24)26(33)36-28(4,5)6)21-14-10-8-12-19(21)16-17-20-13-9-11-15-23(20)34-7/h8-15,18H,1-7H3,(H,29,30,32). The molecular formula is C28H31N3O5. The van der Waals surface area contributed by atoms with Gasteiger partial charge in [0, 0.05) is 11.1 Å². The average molecular weight is 490 g/mol. The van der Waals surface area contributed by atoms with Crippen LogP contribution < -0.4 is 10.1 Å². The van der Waals surface area contributed by atoms with E-state index < -0.39 is 23.4 Å². The Morgan fingerprint density at radius 2 is 1.44 bits per heavy atom. The number of aromatic nitrogens is 2. The van der Waals surface area contributed by atoms with Crippen LogP contribution in [0.25, 0.3) is 11.3 Å². The van der Waals surface area contributed by atoms with Crippen LogP contribution in [0.5, 0.6) is 5.75 Å². The molecule has 0 saturated heterocycles. The van der Waals surface area contributed by atoms with E-state index >= 15 is 0 Å². The molecule has 0 unspecified atom stereocenters. The third-order valence-electron chi connectivity index (χ3n) is 4.59. The number of methoxy groups -OCH3 is 1. The molecule has 0 aliphatic heterocycles. The fourth-order valence-electron chi connectivity index (χ4n) is 3.22. The fraction of sp³-hybridized carbons (Fsp3) is 0.321. The first-order valence-corrected chi connectivity index (χ1v) is 11.4. The van der Waals surface area contributed by atoms with Crippen LogP contribution in [0.15, 0.2) is 54.7 Å². The fourth-order valence-corrected chi connectivity index (χ4v) is 3.22. The number of amides is 1. The van der Waals surface area contributed by atoms with Gasteiger partial charge >= 0.3 is 12.2 Å². The molecule has 8 nitrogen and oxygen atoms in total. The summed E-state index contributed by atoms with van der Waals surface area (Å²) in [6.07, 6.45) is 0.0440. The van der Waals surface area contributed by atoms with Crippen molar-refractivity contribution in [3.63, 3.8) is 0 Å². The minimum atomic E-state index is -0.773. The van der Waals surface area contributed by atoms with Gasteiger partial charge in [-0.05, 0) is 59.7 Å². The number of para-hydroxylation sites is 1. The summed E-state index contributed by atoms with van der Waals surface area (Å²) >= 11 is 0. The molecule has 1 aromatic heterocycles. The van der Waals surface area contributed by atoms with Crippen LogP contribution in [0.3, 0.4) is 0 Å². The van der Waals surface area contributed by atoms with Crippen LogP contribution in [0.2, 0.25) is 0 Å². The molecule has 0 atom stereocenters. The Morgan fingerprint density at radius 1 is 0.861 bits per heavy atom. The van der Waals surface area contributed by atoms with Gasteiger partial charge in [-0.25, -0.2) is 19.1 Å². The Hall–Kier alpha value is -4.25. The first kappa shape index (κ1) is 26.4. The second-order valence-corrected chi connectivity index (χ2v) is 9.91. The molecule has 3 aromatic rings. The zero-order valence-electron chi connectivity index (χ0n) is 21.6.